The van der Waals surface area contributed by atoms with Crippen molar-refractivity contribution in [3.63, 3.8) is 0 Å². The second kappa shape index (κ2) is 2.88. The molecule has 0 aliphatic carbocycles. The molecule has 3 N–H and O–H groups in total. The third-order valence-electron chi connectivity index (χ3n) is 1.75. The lowest BCUT2D eigenvalue weighted by molar-refractivity contribution is 0.415. The first-order valence-corrected chi connectivity index (χ1v) is 4.55. The van der Waals surface area contributed by atoms with Crippen molar-refractivity contribution in [1.82, 2.24) is 0 Å². The molecule has 2 rings (SSSR count). The summed E-state index contributed by atoms with van der Waals surface area (Å²) < 4.78 is 5.17. The molecule has 0 radical (unpaired) electrons. The van der Waals surface area contributed by atoms with Gasteiger partial charge in [0.15, 0.2) is 0 Å². The molecule has 0 saturated heterocycles. The van der Waals surface area contributed by atoms with Gasteiger partial charge in [0.05, 0.1) is 12.8 Å². The van der Waals surface area contributed by atoms with Gasteiger partial charge in [0.1, 0.15) is 11.2 Å². The second-order valence-electron chi connectivity index (χ2n) is 2.52. The summed E-state index contributed by atoms with van der Waals surface area (Å²) >= 11 is 1.61. The number of fused-ring (bicyclic) bond motifs is 1. The van der Waals surface area contributed by atoms with Crippen LogP contribution in [0.3, 0.4) is 0 Å². The van der Waals surface area contributed by atoms with Gasteiger partial charge < -0.3 is 15.8 Å². The highest BCUT2D eigenvalue weighted by molar-refractivity contribution is 8.00. The minimum absolute atomic E-state index is 0.0451. The van der Waals surface area contributed by atoms with Gasteiger partial charge >= 0.3 is 0 Å². The molecule has 1 aromatic rings. The van der Waals surface area contributed by atoms with Crippen molar-refractivity contribution in [3.8, 4) is 5.75 Å². The number of thioether (sulfide) groups is 1. The summed E-state index contributed by atoms with van der Waals surface area (Å²) in [7, 11) is 1.66. The van der Waals surface area contributed by atoms with Crippen molar-refractivity contribution < 1.29 is 4.74 Å². The highest BCUT2D eigenvalue weighted by atomic mass is 32.2. The van der Waals surface area contributed by atoms with Crippen LogP contribution in [0.4, 0.5) is 5.69 Å². The van der Waals surface area contributed by atoms with Crippen LogP contribution in [0.25, 0.3) is 0 Å². The van der Waals surface area contributed by atoms with E-state index in [-0.39, 0.29) is 5.50 Å². The molecule has 64 valence electrons. The maximum absolute atomic E-state index is 5.70. The van der Waals surface area contributed by atoms with Crippen LogP contribution in [-0.2, 0) is 0 Å². The predicted molar refractivity (Wildman–Crippen MR) is 50.4 cm³/mol. The summed E-state index contributed by atoms with van der Waals surface area (Å²) in [4.78, 5) is 1.15. The maximum Gasteiger partial charge on any atom is 0.143 e. The summed E-state index contributed by atoms with van der Waals surface area (Å²) in [6.45, 7) is 0. The van der Waals surface area contributed by atoms with Crippen LogP contribution >= 0.6 is 11.8 Å². The van der Waals surface area contributed by atoms with Crippen LogP contribution in [0, 0.1) is 0 Å². The summed E-state index contributed by atoms with van der Waals surface area (Å²) in [5.41, 5.74) is 6.67. The van der Waals surface area contributed by atoms with Gasteiger partial charge in [0.25, 0.3) is 0 Å². The average Bonchev–Trinajstić information content (AvgIpc) is 2.44. The molecule has 1 unspecified atom stereocenters. The molecule has 1 atom stereocenters. The van der Waals surface area contributed by atoms with E-state index in [9.17, 15) is 0 Å². The van der Waals surface area contributed by atoms with Crippen LogP contribution in [0.2, 0.25) is 0 Å². The average molecular weight is 182 g/mol. The minimum atomic E-state index is -0.0451. The van der Waals surface area contributed by atoms with E-state index in [1.165, 1.54) is 0 Å². The molecule has 1 aliphatic heterocycles. The van der Waals surface area contributed by atoms with Gasteiger partial charge in [-0.15, -0.1) is 0 Å². The molecule has 0 spiro atoms. The van der Waals surface area contributed by atoms with E-state index in [1.807, 2.05) is 18.2 Å². The molecule has 0 saturated carbocycles. The smallest absolute Gasteiger partial charge is 0.143 e. The van der Waals surface area contributed by atoms with Crippen molar-refractivity contribution in [2.45, 2.75) is 10.4 Å². The number of nitrogens with two attached hydrogens (primary N) is 1. The number of para-hydroxylation sites is 1. The Kier molecular flexibility index (Phi) is 1.86. The van der Waals surface area contributed by atoms with Gasteiger partial charge in [0, 0.05) is 4.90 Å². The molecule has 0 amide bonds. The molecule has 0 fully saturated rings. The fraction of sp³-hybridized carbons (Fsp3) is 0.250. The fourth-order valence-electron chi connectivity index (χ4n) is 1.23. The van der Waals surface area contributed by atoms with Crippen molar-refractivity contribution in [2.24, 2.45) is 5.73 Å². The standard InChI is InChI=1S/C8H10N2OS/c1-11-5-3-2-4-6-7(5)10-8(9)12-6/h2-4,8,10H,9H2,1H3. The first kappa shape index (κ1) is 7.76. The first-order chi connectivity index (χ1) is 5.81. The summed E-state index contributed by atoms with van der Waals surface area (Å²) in [5, 5.41) is 3.13. The Bertz CT molecular complexity index is 303. The topological polar surface area (TPSA) is 47.3 Å². The predicted octanol–water partition coefficient (Wildman–Crippen LogP) is 1.46. The Hall–Kier alpha value is -0.870. The van der Waals surface area contributed by atoms with E-state index in [0.29, 0.717) is 0 Å². The van der Waals surface area contributed by atoms with E-state index < -0.39 is 0 Å². The number of nitrogens with one attached hydrogen (secondary N) is 1. The monoisotopic (exact) mass is 182 g/mol. The first-order valence-electron chi connectivity index (χ1n) is 3.67. The quantitative estimate of drug-likeness (QED) is 0.690. The highest BCUT2D eigenvalue weighted by Gasteiger charge is 2.20. The number of anilines is 1. The Morgan fingerprint density at radius 3 is 3.17 bits per heavy atom. The summed E-state index contributed by atoms with van der Waals surface area (Å²) in [6.07, 6.45) is 0. The van der Waals surface area contributed by atoms with Gasteiger partial charge in [-0.05, 0) is 12.1 Å². The zero-order valence-electron chi connectivity index (χ0n) is 6.70. The zero-order chi connectivity index (χ0) is 8.55. The number of ether oxygens (including phenoxy) is 1. The Balaban J connectivity index is 2.44. The van der Waals surface area contributed by atoms with E-state index >= 15 is 0 Å². The lowest BCUT2D eigenvalue weighted by Gasteiger charge is -2.06. The number of methoxy groups -OCH3 is 1. The Morgan fingerprint density at radius 1 is 1.58 bits per heavy atom. The van der Waals surface area contributed by atoms with Crippen molar-refractivity contribution in [3.05, 3.63) is 18.2 Å². The van der Waals surface area contributed by atoms with Gasteiger partial charge in [-0.2, -0.15) is 0 Å². The number of rotatable bonds is 1. The third-order valence-corrected chi connectivity index (χ3v) is 2.71. The lowest BCUT2D eigenvalue weighted by Crippen LogP contribution is -2.20. The van der Waals surface area contributed by atoms with Crippen molar-refractivity contribution in [1.29, 1.82) is 0 Å². The number of benzene rings is 1. The van der Waals surface area contributed by atoms with Crippen molar-refractivity contribution >= 4 is 17.4 Å². The Labute approximate surface area is 75.3 Å². The largest absolute Gasteiger partial charge is 0.495 e. The summed E-state index contributed by atoms with van der Waals surface area (Å²) in [6, 6.07) is 5.91. The van der Waals surface area contributed by atoms with Crippen LogP contribution < -0.4 is 15.8 Å². The fourth-order valence-corrected chi connectivity index (χ4v) is 2.11. The Morgan fingerprint density at radius 2 is 2.42 bits per heavy atom. The lowest BCUT2D eigenvalue weighted by atomic mass is 10.3. The molecule has 12 heavy (non-hydrogen) atoms. The van der Waals surface area contributed by atoms with Crippen molar-refractivity contribution in [2.75, 3.05) is 12.4 Å². The third kappa shape index (κ3) is 1.13. The highest BCUT2D eigenvalue weighted by Crippen LogP contribution is 2.41. The summed E-state index contributed by atoms with van der Waals surface area (Å²) in [5.74, 6) is 0.855. The van der Waals surface area contributed by atoms with Crippen LogP contribution in [-0.4, -0.2) is 12.6 Å². The van der Waals surface area contributed by atoms with Crippen LogP contribution in [0.1, 0.15) is 0 Å². The molecule has 4 heteroatoms. The zero-order valence-corrected chi connectivity index (χ0v) is 7.52. The SMILES string of the molecule is COc1cccc2c1NC(N)S2. The molecule has 0 bridgehead atoms. The van der Waals surface area contributed by atoms with Gasteiger partial charge in [0.2, 0.25) is 0 Å². The normalized spacial score (nSPS) is 20.0. The second-order valence-corrected chi connectivity index (χ2v) is 3.70. The molecule has 1 aromatic carbocycles. The maximum atomic E-state index is 5.70. The molecule has 3 nitrogen and oxygen atoms in total. The van der Waals surface area contributed by atoms with Gasteiger partial charge in [-0.3, -0.25) is 0 Å². The van der Waals surface area contributed by atoms with E-state index in [0.717, 1.165) is 16.3 Å². The van der Waals surface area contributed by atoms with Gasteiger partial charge in [-0.1, -0.05) is 17.8 Å². The van der Waals surface area contributed by atoms with E-state index in [1.54, 1.807) is 18.9 Å². The van der Waals surface area contributed by atoms with E-state index in [4.69, 9.17) is 10.5 Å². The minimum Gasteiger partial charge on any atom is -0.495 e. The van der Waals surface area contributed by atoms with E-state index in [2.05, 4.69) is 5.32 Å². The molecular weight excluding hydrogens is 172 g/mol. The molecular formula is C8H10N2OS. The van der Waals surface area contributed by atoms with Crippen LogP contribution in [0.15, 0.2) is 23.1 Å². The molecule has 1 aliphatic rings. The number of hydrogen-bond acceptors (Lipinski definition) is 4. The van der Waals surface area contributed by atoms with Crippen LogP contribution in [0.5, 0.6) is 5.75 Å². The molecule has 1 heterocycles. The van der Waals surface area contributed by atoms with Gasteiger partial charge in [-0.25, -0.2) is 0 Å². The molecule has 0 aromatic heterocycles. The number of hydrogen-bond donors (Lipinski definition) is 2.